The van der Waals surface area contributed by atoms with E-state index in [2.05, 4.69) is 55.4 Å². The lowest BCUT2D eigenvalue weighted by Crippen LogP contribution is -2.34. The Morgan fingerprint density at radius 3 is 1.23 bits per heavy atom. The largest absolute Gasteiger partial charge is 0.388 e. The van der Waals surface area contributed by atoms with E-state index in [1.54, 1.807) is 0 Å². The number of rotatable bonds is 13. The summed E-state index contributed by atoms with van der Waals surface area (Å²) in [7, 11) is 0. The zero-order valence-electron chi connectivity index (χ0n) is 18.7. The van der Waals surface area contributed by atoms with Crippen molar-refractivity contribution in [2.24, 2.45) is 22.7 Å². The van der Waals surface area contributed by atoms with Crippen LogP contribution in [-0.4, -0.2) is 48.8 Å². The third-order valence-electron chi connectivity index (χ3n) is 4.45. The first-order valence-corrected chi connectivity index (χ1v) is 10.3. The van der Waals surface area contributed by atoms with Crippen LogP contribution in [0.25, 0.3) is 0 Å². The van der Waals surface area contributed by atoms with E-state index in [1.807, 2.05) is 0 Å². The molecule has 0 aromatic rings. The monoisotopic (exact) mass is 374 g/mol. The van der Waals surface area contributed by atoms with Crippen molar-refractivity contribution < 1.29 is 19.7 Å². The van der Waals surface area contributed by atoms with Gasteiger partial charge in [0.2, 0.25) is 0 Å². The van der Waals surface area contributed by atoms with Gasteiger partial charge in [-0.15, -0.1) is 0 Å². The van der Waals surface area contributed by atoms with Crippen LogP contribution in [0.3, 0.4) is 0 Å². The summed E-state index contributed by atoms with van der Waals surface area (Å²) in [6.07, 6.45) is 2.48. The molecule has 0 aliphatic heterocycles. The second-order valence-electron chi connectivity index (χ2n) is 10.6. The smallest absolute Gasteiger partial charge is 0.105 e. The maximum Gasteiger partial charge on any atom is 0.105 e. The van der Waals surface area contributed by atoms with Crippen molar-refractivity contribution in [3.63, 3.8) is 0 Å². The highest BCUT2D eigenvalue weighted by Crippen LogP contribution is 2.26. The Morgan fingerprint density at radius 2 is 0.962 bits per heavy atom. The first-order chi connectivity index (χ1) is 11.8. The summed E-state index contributed by atoms with van der Waals surface area (Å²) in [6.45, 7) is 19.5. The molecule has 0 saturated heterocycles. The highest BCUT2D eigenvalue weighted by atomic mass is 16.5. The highest BCUT2D eigenvalue weighted by Gasteiger charge is 2.19. The van der Waals surface area contributed by atoms with Crippen LogP contribution >= 0.6 is 0 Å². The minimum absolute atomic E-state index is 0.160. The Labute approximate surface area is 162 Å². The van der Waals surface area contributed by atoms with Gasteiger partial charge in [-0.05, 0) is 48.3 Å². The van der Waals surface area contributed by atoms with Gasteiger partial charge in [-0.2, -0.15) is 0 Å². The van der Waals surface area contributed by atoms with Crippen LogP contribution in [0.4, 0.5) is 0 Å². The number of aliphatic hydroxyl groups excluding tert-OH is 2. The number of hydrogen-bond acceptors (Lipinski definition) is 4. The molecule has 0 spiro atoms. The number of ether oxygens (including phenoxy) is 2. The van der Waals surface area contributed by atoms with Gasteiger partial charge in [0.15, 0.2) is 0 Å². The Kier molecular flexibility index (Phi) is 12.3. The molecule has 4 heteroatoms. The van der Waals surface area contributed by atoms with Crippen LogP contribution in [0.5, 0.6) is 0 Å². The predicted octanol–water partition coefficient (Wildman–Crippen LogP) is 4.67. The SMILES string of the molecule is CC(CCOCC(O)C(O)COCCC(C)CC(C)(C)C)CC(C)(C)C. The summed E-state index contributed by atoms with van der Waals surface area (Å²) in [4.78, 5) is 0. The minimum Gasteiger partial charge on any atom is -0.388 e. The average Bonchev–Trinajstić information content (AvgIpc) is 2.44. The fourth-order valence-electron chi connectivity index (χ4n) is 3.49. The molecule has 0 aliphatic carbocycles. The molecule has 0 radical (unpaired) electrons. The molecule has 2 N–H and O–H groups in total. The number of hydrogen-bond donors (Lipinski definition) is 2. The second kappa shape index (κ2) is 12.3. The van der Waals surface area contributed by atoms with Gasteiger partial charge < -0.3 is 19.7 Å². The van der Waals surface area contributed by atoms with Crippen LogP contribution in [0.1, 0.15) is 81.1 Å². The van der Waals surface area contributed by atoms with Crippen molar-refractivity contribution in [2.75, 3.05) is 26.4 Å². The Balaban J connectivity index is 3.75. The zero-order chi connectivity index (χ0) is 20.4. The third kappa shape index (κ3) is 16.0. The van der Waals surface area contributed by atoms with Gasteiger partial charge >= 0.3 is 0 Å². The molecule has 158 valence electrons. The summed E-state index contributed by atoms with van der Waals surface area (Å²) >= 11 is 0. The van der Waals surface area contributed by atoms with Crippen molar-refractivity contribution in [1.29, 1.82) is 0 Å². The van der Waals surface area contributed by atoms with Crippen molar-refractivity contribution >= 4 is 0 Å². The van der Waals surface area contributed by atoms with Crippen molar-refractivity contribution in [2.45, 2.75) is 93.3 Å². The first-order valence-electron chi connectivity index (χ1n) is 10.3. The van der Waals surface area contributed by atoms with Gasteiger partial charge in [-0.25, -0.2) is 0 Å². The van der Waals surface area contributed by atoms with E-state index in [-0.39, 0.29) is 13.2 Å². The Bertz CT molecular complexity index is 309. The van der Waals surface area contributed by atoms with E-state index in [0.29, 0.717) is 35.9 Å². The Hall–Kier alpha value is -0.160. The summed E-state index contributed by atoms with van der Waals surface area (Å²) in [6, 6.07) is 0. The minimum atomic E-state index is -0.889. The van der Waals surface area contributed by atoms with Crippen LogP contribution in [-0.2, 0) is 9.47 Å². The van der Waals surface area contributed by atoms with Crippen molar-refractivity contribution in [3.05, 3.63) is 0 Å². The van der Waals surface area contributed by atoms with Crippen molar-refractivity contribution in [1.82, 2.24) is 0 Å². The molecular formula is C22H46O4. The molecule has 0 bridgehead atoms. The van der Waals surface area contributed by atoms with E-state index in [4.69, 9.17) is 9.47 Å². The van der Waals surface area contributed by atoms with Gasteiger partial charge in [0, 0.05) is 13.2 Å². The lowest BCUT2D eigenvalue weighted by Gasteiger charge is -2.24. The second-order valence-corrected chi connectivity index (χ2v) is 10.6. The molecule has 4 atom stereocenters. The van der Waals surface area contributed by atoms with Crippen LogP contribution in [0.2, 0.25) is 0 Å². The molecule has 0 saturated carbocycles. The first kappa shape index (κ1) is 25.8. The van der Waals surface area contributed by atoms with E-state index in [0.717, 1.165) is 25.7 Å². The third-order valence-corrected chi connectivity index (χ3v) is 4.45. The number of aliphatic hydroxyl groups is 2. The quantitative estimate of drug-likeness (QED) is 0.460. The van der Waals surface area contributed by atoms with Gasteiger partial charge in [-0.1, -0.05) is 55.4 Å². The van der Waals surface area contributed by atoms with Crippen LogP contribution in [0.15, 0.2) is 0 Å². The zero-order valence-corrected chi connectivity index (χ0v) is 18.7. The highest BCUT2D eigenvalue weighted by molar-refractivity contribution is 4.69. The van der Waals surface area contributed by atoms with Gasteiger partial charge in [0.25, 0.3) is 0 Å². The summed E-state index contributed by atoms with van der Waals surface area (Å²) in [5.41, 5.74) is 0.660. The molecule has 0 amide bonds. The molecular weight excluding hydrogens is 328 g/mol. The van der Waals surface area contributed by atoms with Gasteiger partial charge in [-0.3, -0.25) is 0 Å². The van der Waals surface area contributed by atoms with Gasteiger partial charge in [0.05, 0.1) is 13.2 Å². The van der Waals surface area contributed by atoms with E-state index >= 15 is 0 Å². The Morgan fingerprint density at radius 1 is 0.654 bits per heavy atom. The molecule has 0 fully saturated rings. The van der Waals surface area contributed by atoms with Crippen molar-refractivity contribution in [3.8, 4) is 0 Å². The topological polar surface area (TPSA) is 58.9 Å². The molecule has 0 aliphatic rings. The molecule has 0 heterocycles. The van der Waals surface area contributed by atoms with Gasteiger partial charge in [0.1, 0.15) is 12.2 Å². The summed E-state index contributed by atoms with van der Waals surface area (Å²) < 4.78 is 11.1. The fraction of sp³-hybridized carbons (Fsp3) is 1.00. The standard InChI is InChI=1S/C22H46O4/c1-17(13-21(3,4)5)9-11-25-15-19(23)20(24)16-26-12-10-18(2)14-22(6,7)8/h17-20,23-24H,9-16H2,1-8H3. The molecule has 26 heavy (non-hydrogen) atoms. The molecule has 4 unspecified atom stereocenters. The molecule has 0 aromatic heterocycles. The summed E-state index contributed by atoms with van der Waals surface area (Å²) in [5, 5.41) is 20.0. The van der Waals surface area contributed by atoms with E-state index < -0.39 is 12.2 Å². The fourth-order valence-corrected chi connectivity index (χ4v) is 3.49. The molecule has 4 nitrogen and oxygen atoms in total. The maximum atomic E-state index is 9.98. The lowest BCUT2D eigenvalue weighted by atomic mass is 9.84. The maximum absolute atomic E-state index is 9.98. The average molecular weight is 375 g/mol. The summed E-state index contributed by atoms with van der Waals surface area (Å²) in [5.74, 6) is 1.19. The molecule has 0 rings (SSSR count). The lowest BCUT2D eigenvalue weighted by molar-refractivity contribution is -0.0727. The van der Waals surface area contributed by atoms with Crippen LogP contribution < -0.4 is 0 Å². The van der Waals surface area contributed by atoms with E-state index in [1.165, 1.54) is 0 Å². The normalized spacial score (nSPS) is 17.8. The van der Waals surface area contributed by atoms with Crippen LogP contribution in [0, 0.1) is 22.7 Å². The van der Waals surface area contributed by atoms with E-state index in [9.17, 15) is 10.2 Å². The molecule has 0 aromatic carbocycles. The predicted molar refractivity (Wildman–Crippen MR) is 109 cm³/mol.